The van der Waals surface area contributed by atoms with Crippen molar-refractivity contribution in [3.05, 3.63) is 42.0 Å². The Morgan fingerprint density at radius 1 is 1.36 bits per heavy atom. The minimum atomic E-state index is -0.481. The van der Waals surface area contributed by atoms with E-state index >= 15 is 0 Å². The quantitative estimate of drug-likeness (QED) is 0.833. The van der Waals surface area contributed by atoms with Crippen LogP contribution in [0.2, 0.25) is 0 Å². The molecule has 6 nitrogen and oxygen atoms in total. The zero-order valence-electron chi connectivity index (χ0n) is 15.1. The highest BCUT2D eigenvalue weighted by molar-refractivity contribution is 5.35. The molecule has 136 valence electrons. The van der Waals surface area contributed by atoms with Gasteiger partial charge in [0.05, 0.1) is 0 Å². The van der Waals surface area contributed by atoms with Crippen molar-refractivity contribution in [1.82, 2.24) is 19.7 Å². The van der Waals surface area contributed by atoms with E-state index in [1.807, 2.05) is 24.6 Å². The van der Waals surface area contributed by atoms with Crippen LogP contribution < -0.4 is 4.74 Å². The van der Waals surface area contributed by atoms with E-state index in [1.54, 1.807) is 12.7 Å². The molecule has 1 aromatic heterocycles. The van der Waals surface area contributed by atoms with Crippen molar-refractivity contribution in [2.45, 2.75) is 39.3 Å². The molecular weight excluding hydrogens is 316 g/mol. The number of aromatic nitrogens is 3. The standard InChI is InChI=1S/C19H28N4O2/c1-15-5-6-16(2)19(8-15)25-12-18(24)11-22-7-3-4-17(9-22)10-23-14-20-13-21-23/h5-6,8,13-14,17-18,24H,3-4,7,9-12H2,1-2H3. The molecule has 1 aromatic carbocycles. The van der Waals surface area contributed by atoms with E-state index < -0.39 is 6.10 Å². The minimum absolute atomic E-state index is 0.328. The third kappa shape index (κ3) is 5.28. The van der Waals surface area contributed by atoms with Crippen LogP contribution in [0.3, 0.4) is 0 Å². The van der Waals surface area contributed by atoms with Crippen LogP contribution in [0.1, 0.15) is 24.0 Å². The third-order valence-electron chi connectivity index (χ3n) is 4.76. The van der Waals surface area contributed by atoms with Crippen molar-refractivity contribution in [3.8, 4) is 5.75 Å². The second-order valence-corrected chi connectivity index (χ2v) is 7.12. The summed E-state index contributed by atoms with van der Waals surface area (Å²) < 4.78 is 7.73. The second kappa shape index (κ2) is 8.45. The van der Waals surface area contributed by atoms with Gasteiger partial charge >= 0.3 is 0 Å². The molecule has 25 heavy (non-hydrogen) atoms. The number of aliphatic hydroxyl groups is 1. The molecule has 1 aliphatic rings. The number of piperidine rings is 1. The summed E-state index contributed by atoms with van der Waals surface area (Å²) in [5.41, 5.74) is 2.27. The number of ether oxygens (including phenoxy) is 1. The zero-order valence-corrected chi connectivity index (χ0v) is 15.1. The highest BCUT2D eigenvalue weighted by Gasteiger charge is 2.22. The van der Waals surface area contributed by atoms with Gasteiger partial charge in [-0.2, -0.15) is 5.10 Å². The van der Waals surface area contributed by atoms with E-state index in [0.29, 0.717) is 19.1 Å². The number of β-amino-alcohol motifs (C(OH)–C–C–N with tert-alkyl or cyclic N) is 1. The third-order valence-corrected chi connectivity index (χ3v) is 4.76. The lowest BCUT2D eigenvalue weighted by molar-refractivity contribution is 0.0493. The van der Waals surface area contributed by atoms with Crippen molar-refractivity contribution < 1.29 is 9.84 Å². The maximum absolute atomic E-state index is 10.4. The Labute approximate surface area is 149 Å². The lowest BCUT2D eigenvalue weighted by Gasteiger charge is -2.33. The Morgan fingerprint density at radius 3 is 3.04 bits per heavy atom. The number of hydrogen-bond acceptors (Lipinski definition) is 5. The van der Waals surface area contributed by atoms with Gasteiger partial charge in [0.25, 0.3) is 0 Å². The molecule has 2 unspecified atom stereocenters. The topological polar surface area (TPSA) is 63.4 Å². The van der Waals surface area contributed by atoms with Crippen molar-refractivity contribution in [1.29, 1.82) is 0 Å². The van der Waals surface area contributed by atoms with Crippen molar-refractivity contribution >= 4 is 0 Å². The molecule has 0 saturated carbocycles. The molecule has 1 fully saturated rings. The zero-order chi connectivity index (χ0) is 17.6. The maximum Gasteiger partial charge on any atom is 0.137 e. The van der Waals surface area contributed by atoms with Gasteiger partial charge in [-0.15, -0.1) is 0 Å². The van der Waals surface area contributed by atoms with Crippen molar-refractivity contribution in [2.75, 3.05) is 26.2 Å². The predicted molar refractivity (Wildman–Crippen MR) is 96.6 cm³/mol. The monoisotopic (exact) mass is 344 g/mol. The van der Waals surface area contributed by atoms with Gasteiger partial charge in [-0.25, -0.2) is 4.98 Å². The summed E-state index contributed by atoms with van der Waals surface area (Å²) >= 11 is 0. The van der Waals surface area contributed by atoms with Crippen LogP contribution in [0.5, 0.6) is 5.75 Å². The summed E-state index contributed by atoms with van der Waals surface area (Å²) in [6, 6.07) is 6.15. The number of benzene rings is 1. The Hall–Kier alpha value is -1.92. The van der Waals surface area contributed by atoms with Crippen LogP contribution >= 0.6 is 0 Å². The first-order valence-corrected chi connectivity index (χ1v) is 9.03. The molecule has 2 atom stereocenters. The van der Waals surface area contributed by atoms with Gasteiger partial charge in [-0.05, 0) is 56.3 Å². The van der Waals surface area contributed by atoms with Gasteiger partial charge in [0.15, 0.2) is 0 Å². The van der Waals surface area contributed by atoms with Crippen LogP contribution in [0.25, 0.3) is 0 Å². The second-order valence-electron chi connectivity index (χ2n) is 7.12. The fraction of sp³-hybridized carbons (Fsp3) is 0.579. The largest absolute Gasteiger partial charge is 0.491 e. The average Bonchev–Trinajstić information content (AvgIpc) is 3.09. The molecule has 1 N–H and O–H groups in total. The molecule has 1 aliphatic heterocycles. The van der Waals surface area contributed by atoms with Gasteiger partial charge in [0, 0.05) is 19.6 Å². The first-order valence-electron chi connectivity index (χ1n) is 9.03. The van der Waals surface area contributed by atoms with E-state index in [9.17, 15) is 5.11 Å². The summed E-state index contributed by atoms with van der Waals surface area (Å²) in [7, 11) is 0. The van der Waals surface area contributed by atoms with E-state index in [1.165, 1.54) is 12.0 Å². The fourth-order valence-corrected chi connectivity index (χ4v) is 3.46. The van der Waals surface area contributed by atoms with E-state index in [0.717, 1.165) is 37.4 Å². The molecule has 6 heteroatoms. The fourth-order valence-electron chi connectivity index (χ4n) is 3.46. The summed E-state index contributed by atoms with van der Waals surface area (Å²) in [5, 5.41) is 14.6. The summed E-state index contributed by atoms with van der Waals surface area (Å²) in [5.74, 6) is 1.42. The number of aryl methyl sites for hydroxylation is 2. The van der Waals surface area contributed by atoms with Crippen molar-refractivity contribution in [2.24, 2.45) is 5.92 Å². The molecule has 3 rings (SSSR count). The summed E-state index contributed by atoms with van der Waals surface area (Å²) in [4.78, 5) is 6.34. The predicted octanol–water partition coefficient (Wildman–Crippen LogP) is 2.05. The van der Waals surface area contributed by atoms with Gasteiger partial charge in [0.2, 0.25) is 0 Å². The number of rotatable bonds is 7. The Kier molecular flexibility index (Phi) is 6.04. The molecule has 1 saturated heterocycles. The van der Waals surface area contributed by atoms with Gasteiger partial charge in [-0.1, -0.05) is 12.1 Å². The van der Waals surface area contributed by atoms with Crippen LogP contribution in [-0.2, 0) is 6.54 Å². The minimum Gasteiger partial charge on any atom is -0.491 e. The Bertz CT molecular complexity index is 659. The van der Waals surface area contributed by atoms with Crippen LogP contribution in [0.15, 0.2) is 30.9 Å². The van der Waals surface area contributed by atoms with Crippen LogP contribution in [0, 0.1) is 19.8 Å². The van der Waals surface area contributed by atoms with Gasteiger partial charge in [-0.3, -0.25) is 4.68 Å². The van der Waals surface area contributed by atoms with E-state index in [-0.39, 0.29) is 0 Å². The SMILES string of the molecule is Cc1ccc(C)c(OCC(O)CN2CCCC(Cn3cncn3)C2)c1. The molecule has 0 amide bonds. The summed E-state index contributed by atoms with van der Waals surface area (Å²) in [6.07, 6.45) is 5.22. The Morgan fingerprint density at radius 2 is 2.24 bits per heavy atom. The van der Waals surface area contributed by atoms with E-state index in [2.05, 4.69) is 27.1 Å². The van der Waals surface area contributed by atoms with Crippen molar-refractivity contribution in [3.63, 3.8) is 0 Å². The van der Waals surface area contributed by atoms with Gasteiger partial charge in [0.1, 0.15) is 31.1 Å². The van der Waals surface area contributed by atoms with E-state index in [4.69, 9.17) is 4.74 Å². The first kappa shape index (κ1) is 17.9. The maximum atomic E-state index is 10.4. The average molecular weight is 344 g/mol. The molecule has 0 aliphatic carbocycles. The number of aliphatic hydroxyl groups excluding tert-OH is 1. The highest BCUT2D eigenvalue weighted by atomic mass is 16.5. The number of likely N-dealkylation sites (tertiary alicyclic amines) is 1. The molecular formula is C19H28N4O2. The molecule has 0 bridgehead atoms. The van der Waals surface area contributed by atoms with Gasteiger partial charge < -0.3 is 14.7 Å². The number of nitrogens with zero attached hydrogens (tertiary/aromatic N) is 4. The smallest absolute Gasteiger partial charge is 0.137 e. The Balaban J connectivity index is 1.45. The molecule has 2 aromatic rings. The molecule has 2 heterocycles. The highest BCUT2D eigenvalue weighted by Crippen LogP contribution is 2.20. The normalized spacial score (nSPS) is 19.7. The lowest BCUT2D eigenvalue weighted by Crippen LogP contribution is -2.42. The number of hydrogen-bond donors (Lipinski definition) is 1. The van der Waals surface area contributed by atoms with Crippen LogP contribution in [0.4, 0.5) is 0 Å². The van der Waals surface area contributed by atoms with Crippen LogP contribution in [-0.4, -0.2) is 57.1 Å². The first-order chi connectivity index (χ1) is 12.1. The molecule has 0 radical (unpaired) electrons. The molecule has 0 spiro atoms. The summed E-state index contributed by atoms with van der Waals surface area (Å²) in [6.45, 7) is 7.97. The lowest BCUT2D eigenvalue weighted by atomic mass is 9.98.